The van der Waals surface area contributed by atoms with E-state index < -0.39 is 15.9 Å². The number of carbonyl (C=O) groups excluding carboxylic acids is 1. The molecule has 0 atom stereocenters. The molecule has 0 unspecified atom stereocenters. The highest BCUT2D eigenvalue weighted by Gasteiger charge is 2.24. The van der Waals surface area contributed by atoms with Crippen LogP contribution in [-0.2, 0) is 28.3 Å². The summed E-state index contributed by atoms with van der Waals surface area (Å²) in [5.74, 6) is -0.406. The maximum absolute atomic E-state index is 12.1. The summed E-state index contributed by atoms with van der Waals surface area (Å²) in [7, 11) is -0.373. The highest BCUT2D eigenvalue weighted by atomic mass is 32.2. The molecule has 0 N–H and O–H groups in total. The van der Waals surface area contributed by atoms with E-state index in [-0.39, 0.29) is 12.2 Å². The van der Waals surface area contributed by atoms with Crippen molar-refractivity contribution in [3.63, 3.8) is 0 Å². The number of likely N-dealkylation sites (N-methyl/N-ethyl adjacent to an activating group) is 1. The topological polar surface area (TPSA) is 72.3 Å². The molecule has 0 aliphatic heterocycles. The number of hydrogen-bond donors (Lipinski definition) is 0. The molecule has 0 aliphatic carbocycles. The number of aryl methyl sites for hydroxylation is 2. The zero-order valence-corrected chi connectivity index (χ0v) is 13.6. The summed E-state index contributed by atoms with van der Waals surface area (Å²) < 4.78 is 26.5. The van der Waals surface area contributed by atoms with E-state index in [1.807, 2.05) is 20.8 Å². The van der Waals surface area contributed by atoms with Crippen LogP contribution in [0.2, 0.25) is 0 Å². The number of unbranched alkanes of at least 4 members (excludes halogenated alkanes) is 1. The average Bonchev–Trinajstić information content (AvgIpc) is 2.62. The zero-order chi connectivity index (χ0) is 15.5. The van der Waals surface area contributed by atoms with Gasteiger partial charge in [-0.05, 0) is 20.3 Å². The van der Waals surface area contributed by atoms with Crippen molar-refractivity contribution < 1.29 is 13.2 Å². The van der Waals surface area contributed by atoms with Crippen molar-refractivity contribution in [3.05, 3.63) is 17.0 Å². The van der Waals surface area contributed by atoms with Gasteiger partial charge < -0.3 is 0 Å². The molecule has 0 bridgehead atoms. The molecule has 1 amide bonds. The van der Waals surface area contributed by atoms with E-state index in [1.54, 1.807) is 11.7 Å². The lowest BCUT2D eigenvalue weighted by molar-refractivity contribution is -0.124. The molecule has 0 saturated carbocycles. The second-order valence-corrected chi connectivity index (χ2v) is 7.10. The van der Waals surface area contributed by atoms with Crippen molar-refractivity contribution in [2.24, 2.45) is 7.05 Å². The summed E-state index contributed by atoms with van der Waals surface area (Å²) in [6.07, 6.45) is 1.40. The van der Waals surface area contributed by atoms with E-state index in [2.05, 4.69) is 5.10 Å². The Morgan fingerprint density at radius 3 is 2.40 bits per heavy atom. The van der Waals surface area contributed by atoms with Gasteiger partial charge in [0.15, 0.2) is 0 Å². The molecule has 0 aromatic carbocycles. The molecule has 20 heavy (non-hydrogen) atoms. The lowest BCUT2D eigenvalue weighted by Gasteiger charge is -2.17. The minimum absolute atomic E-state index is 0.0107. The lowest BCUT2D eigenvalue weighted by atomic mass is 10.1. The van der Waals surface area contributed by atoms with Gasteiger partial charge in [0.05, 0.1) is 17.9 Å². The molecule has 0 fully saturated rings. The Labute approximate surface area is 120 Å². The highest BCUT2D eigenvalue weighted by molar-refractivity contribution is 7.89. The van der Waals surface area contributed by atoms with Crippen LogP contribution in [0.5, 0.6) is 0 Å². The molecule has 0 spiro atoms. The Morgan fingerprint density at radius 1 is 1.35 bits per heavy atom. The Kier molecular flexibility index (Phi) is 5.33. The van der Waals surface area contributed by atoms with E-state index >= 15 is 0 Å². The van der Waals surface area contributed by atoms with Gasteiger partial charge in [-0.25, -0.2) is 12.7 Å². The summed E-state index contributed by atoms with van der Waals surface area (Å²) in [5.41, 5.74) is 2.45. The number of carbonyl (C=O) groups is 1. The number of aromatic nitrogens is 2. The predicted octanol–water partition coefficient (Wildman–Crippen LogP) is 1.17. The van der Waals surface area contributed by atoms with Crippen molar-refractivity contribution in [1.82, 2.24) is 14.1 Å². The summed E-state index contributed by atoms with van der Waals surface area (Å²) in [5, 5.41) is 4.23. The SMILES string of the molecule is CCCCS(=O)(=O)N(C)C(=O)Cc1c(C)nn(C)c1C. The van der Waals surface area contributed by atoms with Crippen LogP contribution in [0.4, 0.5) is 0 Å². The minimum Gasteiger partial charge on any atom is -0.273 e. The molecule has 1 rings (SSSR count). The van der Waals surface area contributed by atoms with E-state index in [4.69, 9.17) is 0 Å². The Balaban J connectivity index is 2.86. The molecule has 0 saturated heterocycles. The fourth-order valence-electron chi connectivity index (χ4n) is 1.95. The first-order chi connectivity index (χ1) is 9.20. The van der Waals surface area contributed by atoms with E-state index in [1.165, 1.54) is 7.05 Å². The van der Waals surface area contributed by atoms with Crippen molar-refractivity contribution in [3.8, 4) is 0 Å². The molecular formula is C13H23N3O3S. The molecule has 1 aromatic rings. The third-order valence-electron chi connectivity index (χ3n) is 3.51. The van der Waals surface area contributed by atoms with Crippen LogP contribution < -0.4 is 0 Å². The van der Waals surface area contributed by atoms with Gasteiger partial charge in [0.2, 0.25) is 15.9 Å². The smallest absolute Gasteiger partial charge is 0.240 e. The number of nitrogens with zero attached hydrogens (tertiary/aromatic N) is 3. The van der Waals surface area contributed by atoms with Crippen LogP contribution in [0.15, 0.2) is 0 Å². The van der Waals surface area contributed by atoms with Crippen molar-refractivity contribution >= 4 is 15.9 Å². The number of rotatable bonds is 6. The summed E-state index contributed by atoms with van der Waals surface area (Å²) in [6, 6.07) is 0. The van der Waals surface area contributed by atoms with Gasteiger partial charge >= 0.3 is 0 Å². The molecular weight excluding hydrogens is 278 g/mol. The minimum atomic E-state index is -3.50. The highest BCUT2D eigenvalue weighted by Crippen LogP contribution is 2.14. The largest absolute Gasteiger partial charge is 0.273 e. The van der Waals surface area contributed by atoms with E-state index in [0.717, 1.165) is 27.7 Å². The van der Waals surface area contributed by atoms with Crippen LogP contribution in [0, 0.1) is 13.8 Å². The molecule has 7 heteroatoms. The average molecular weight is 301 g/mol. The molecule has 1 heterocycles. The van der Waals surface area contributed by atoms with Crippen LogP contribution in [-0.4, -0.2) is 41.2 Å². The van der Waals surface area contributed by atoms with Gasteiger partial charge in [0.25, 0.3) is 0 Å². The maximum Gasteiger partial charge on any atom is 0.240 e. The van der Waals surface area contributed by atoms with Gasteiger partial charge in [-0.15, -0.1) is 0 Å². The normalized spacial score (nSPS) is 11.7. The number of amides is 1. The van der Waals surface area contributed by atoms with Crippen molar-refractivity contribution in [1.29, 1.82) is 0 Å². The second kappa shape index (κ2) is 6.39. The Morgan fingerprint density at radius 2 is 1.95 bits per heavy atom. The molecule has 0 radical (unpaired) electrons. The lowest BCUT2D eigenvalue weighted by Crippen LogP contribution is -2.36. The fourth-order valence-corrected chi connectivity index (χ4v) is 3.26. The van der Waals surface area contributed by atoms with Crippen LogP contribution in [0.3, 0.4) is 0 Å². The van der Waals surface area contributed by atoms with Crippen LogP contribution >= 0.6 is 0 Å². The van der Waals surface area contributed by atoms with Crippen LogP contribution in [0.25, 0.3) is 0 Å². The predicted molar refractivity (Wildman–Crippen MR) is 77.9 cm³/mol. The monoisotopic (exact) mass is 301 g/mol. The first kappa shape index (κ1) is 16.7. The molecule has 0 aliphatic rings. The fraction of sp³-hybridized carbons (Fsp3) is 0.692. The quantitative estimate of drug-likeness (QED) is 0.790. The van der Waals surface area contributed by atoms with Crippen molar-refractivity contribution in [2.45, 2.75) is 40.0 Å². The summed E-state index contributed by atoms with van der Waals surface area (Å²) >= 11 is 0. The van der Waals surface area contributed by atoms with Crippen LogP contribution in [0.1, 0.15) is 36.7 Å². The summed E-state index contributed by atoms with van der Waals surface area (Å²) in [4.78, 5) is 12.1. The summed E-state index contributed by atoms with van der Waals surface area (Å²) in [6.45, 7) is 5.61. The first-order valence-electron chi connectivity index (χ1n) is 6.69. The zero-order valence-electron chi connectivity index (χ0n) is 12.8. The van der Waals surface area contributed by atoms with E-state index in [0.29, 0.717) is 6.42 Å². The Hall–Kier alpha value is -1.37. The van der Waals surface area contributed by atoms with Gasteiger partial charge in [0.1, 0.15) is 0 Å². The second-order valence-electron chi connectivity index (χ2n) is 4.98. The standard InChI is InChI=1S/C13H23N3O3S/c1-6-7-8-20(18,19)16(5)13(17)9-12-10(2)14-15(4)11(12)3/h6-9H2,1-5H3. The molecule has 114 valence electrons. The molecule has 1 aromatic heterocycles. The van der Waals surface area contributed by atoms with Gasteiger partial charge in [0, 0.05) is 25.4 Å². The number of hydrogen-bond acceptors (Lipinski definition) is 4. The Bertz CT molecular complexity index is 590. The third kappa shape index (κ3) is 3.59. The van der Waals surface area contributed by atoms with Gasteiger partial charge in [-0.1, -0.05) is 13.3 Å². The maximum atomic E-state index is 12.1. The number of sulfonamides is 1. The van der Waals surface area contributed by atoms with Gasteiger partial charge in [-0.2, -0.15) is 5.10 Å². The molecule has 6 nitrogen and oxygen atoms in total. The first-order valence-corrected chi connectivity index (χ1v) is 8.30. The van der Waals surface area contributed by atoms with Gasteiger partial charge in [-0.3, -0.25) is 9.48 Å². The van der Waals surface area contributed by atoms with Crippen molar-refractivity contribution in [2.75, 3.05) is 12.8 Å². The third-order valence-corrected chi connectivity index (χ3v) is 5.35. The van der Waals surface area contributed by atoms with E-state index in [9.17, 15) is 13.2 Å².